The van der Waals surface area contributed by atoms with E-state index in [1.165, 1.54) is 5.56 Å². The van der Waals surface area contributed by atoms with Crippen molar-refractivity contribution in [2.75, 3.05) is 10.6 Å². The van der Waals surface area contributed by atoms with Crippen LogP contribution in [-0.2, 0) is 6.42 Å². The molecule has 0 bridgehead atoms. The first kappa shape index (κ1) is 16.7. The van der Waals surface area contributed by atoms with E-state index in [9.17, 15) is 8.78 Å². The molecule has 0 amide bonds. The molecule has 0 aliphatic carbocycles. The van der Waals surface area contributed by atoms with Crippen LogP contribution in [0.15, 0.2) is 53.4 Å². The maximum absolute atomic E-state index is 12.3. The lowest BCUT2D eigenvalue weighted by atomic mass is 10.1. The zero-order valence-corrected chi connectivity index (χ0v) is 13.6. The van der Waals surface area contributed by atoms with Gasteiger partial charge in [0.25, 0.3) is 5.76 Å². The van der Waals surface area contributed by atoms with E-state index >= 15 is 0 Å². The first-order valence-corrected chi connectivity index (χ1v) is 8.07. The molecule has 116 valence electrons. The van der Waals surface area contributed by atoms with Crippen LogP contribution in [0.1, 0.15) is 12.5 Å². The standard InChI is InChI=1S/C16H16F2N2S2/c1-2-11-4-3-5-13(10-11)20-16(21)19-12-6-8-14(9-7-12)22-15(17)18/h3-10,15H,2H2,1H3,(H2,19,20,21). The van der Waals surface area contributed by atoms with Crippen LogP contribution >= 0.6 is 24.0 Å². The number of alkyl halides is 2. The molecule has 0 saturated carbocycles. The third kappa shape index (κ3) is 5.27. The van der Waals surface area contributed by atoms with Crippen LogP contribution in [0.25, 0.3) is 0 Å². The molecule has 6 heteroatoms. The molecule has 0 fully saturated rings. The lowest BCUT2D eigenvalue weighted by Gasteiger charge is -2.11. The number of rotatable bonds is 5. The highest BCUT2D eigenvalue weighted by molar-refractivity contribution is 7.99. The fraction of sp³-hybridized carbons (Fsp3) is 0.188. The molecule has 2 rings (SSSR count). The zero-order chi connectivity index (χ0) is 15.9. The summed E-state index contributed by atoms with van der Waals surface area (Å²) in [6.45, 7) is 2.09. The normalized spacial score (nSPS) is 10.5. The van der Waals surface area contributed by atoms with Gasteiger partial charge in [-0.15, -0.1) is 0 Å². The molecule has 0 aliphatic heterocycles. The summed E-state index contributed by atoms with van der Waals surface area (Å²) in [5.41, 5.74) is 2.89. The number of thioether (sulfide) groups is 1. The molecule has 0 atom stereocenters. The smallest absolute Gasteiger partial charge is 0.288 e. The van der Waals surface area contributed by atoms with Crippen molar-refractivity contribution in [2.24, 2.45) is 0 Å². The van der Waals surface area contributed by atoms with Gasteiger partial charge >= 0.3 is 0 Å². The molecular formula is C16H16F2N2S2. The SMILES string of the molecule is CCc1cccc(NC(=S)Nc2ccc(SC(F)F)cc2)c1. The number of hydrogen-bond acceptors (Lipinski definition) is 2. The molecule has 2 N–H and O–H groups in total. The van der Waals surface area contributed by atoms with Gasteiger partial charge in [0.05, 0.1) is 0 Å². The van der Waals surface area contributed by atoms with E-state index in [-0.39, 0.29) is 0 Å². The number of anilines is 2. The number of halogens is 2. The maximum Gasteiger partial charge on any atom is 0.288 e. The summed E-state index contributed by atoms with van der Waals surface area (Å²) in [4.78, 5) is 0.523. The van der Waals surface area contributed by atoms with E-state index in [4.69, 9.17) is 12.2 Å². The van der Waals surface area contributed by atoms with Crippen LogP contribution in [0.4, 0.5) is 20.2 Å². The minimum Gasteiger partial charge on any atom is -0.332 e. The van der Waals surface area contributed by atoms with Crippen LogP contribution in [0.3, 0.4) is 0 Å². The zero-order valence-electron chi connectivity index (χ0n) is 12.0. The average molecular weight is 338 g/mol. The van der Waals surface area contributed by atoms with E-state index in [2.05, 4.69) is 23.6 Å². The first-order chi connectivity index (χ1) is 10.6. The summed E-state index contributed by atoms with van der Waals surface area (Å²) >= 11 is 5.78. The van der Waals surface area contributed by atoms with Gasteiger partial charge in [-0.05, 0) is 60.6 Å². The van der Waals surface area contributed by atoms with Crippen LogP contribution in [0, 0.1) is 0 Å². The van der Waals surface area contributed by atoms with Crippen LogP contribution < -0.4 is 10.6 Å². The highest BCUT2D eigenvalue weighted by Crippen LogP contribution is 2.26. The highest BCUT2D eigenvalue weighted by atomic mass is 32.2. The van der Waals surface area contributed by atoms with Crippen molar-refractivity contribution in [2.45, 2.75) is 24.0 Å². The second kappa shape index (κ2) is 8.10. The number of thiocarbonyl (C=S) groups is 1. The number of benzene rings is 2. The topological polar surface area (TPSA) is 24.1 Å². The number of nitrogens with one attached hydrogen (secondary N) is 2. The van der Waals surface area contributed by atoms with E-state index in [1.807, 2.05) is 18.2 Å². The van der Waals surface area contributed by atoms with Crippen molar-refractivity contribution in [3.8, 4) is 0 Å². The van der Waals surface area contributed by atoms with Crippen molar-refractivity contribution in [3.05, 3.63) is 54.1 Å². The quantitative estimate of drug-likeness (QED) is 0.565. The average Bonchev–Trinajstić information content (AvgIpc) is 2.49. The Bertz CT molecular complexity index is 630. The van der Waals surface area contributed by atoms with Crippen molar-refractivity contribution >= 4 is 40.5 Å². The third-order valence-electron chi connectivity index (χ3n) is 2.93. The van der Waals surface area contributed by atoms with E-state index in [0.717, 1.165) is 17.8 Å². The fourth-order valence-corrected chi connectivity index (χ4v) is 2.62. The second-order valence-corrected chi connectivity index (χ2v) is 6.01. The number of aryl methyl sites for hydroxylation is 1. The maximum atomic E-state index is 12.3. The molecule has 22 heavy (non-hydrogen) atoms. The van der Waals surface area contributed by atoms with E-state index in [1.54, 1.807) is 24.3 Å². The van der Waals surface area contributed by atoms with Crippen LogP contribution in [0.5, 0.6) is 0 Å². The molecule has 2 aromatic carbocycles. The van der Waals surface area contributed by atoms with Gasteiger partial charge in [-0.1, -0.05) is 30.8 Å². The van der Waals surface area contributed by atoms with Crippen molar-refractivity contribution in [3.63, 3.8) is 0 Å². The van der Waals surface area contributed by atoms with Gasteiger partial charge in [-0.2, -0.15) is 8.78 Å². The molecular weight excluding hydrogens is 322 g/mol. The summed E-state index contributed by atoms with van der Waals surface area (Å²) in [5.74, 6) is -2.41. The Labute approximate surface area is 138 Å². The summed E-state index contributed by atoms with van der Waals surface area (Å²) in [6.07, 6.45) is 0.957. The lowest BCUT2D eigenvalue weighted by Crippen LogP contribution is -2.19. The molecule has 0 heterocycles. The Balaban J connectivity index is 1.93. The largest absolute Gasteiger partial charge is 0.332 e. The third-order valence-corrected chi connectivity index (χ3v) is 3.86. The first-order valence-electron chi connectivity index (χ1n) is 6.78. The summed E-state index contributed by atoms with van der Waals surface area (Å²) in [7, 11) is 0. The van der Waals surface area contributed by atoms with Crippen molar-refractivity contribution < 1.29 is 8.78 Å². The summed E-state index contributed by atoms with van der Waals surface area (Å²) in [5, 5.41) is 6.60. The van der Waals surface area contributed by atoms with Gasteiger partial charge in [-0.25, -0.2) is 0 Å². The van der Waals surface area contributed by atoms with Crippen molar-refractivity contribution in [1.82, 2.24) is 0 Å². The van der Waals surface area contributed by atoms with Gasteiger partial charge in [0.15, 0.2) is 5.11 Å². The van der Waals surface area contributed by atoms with E-state index < -0.39 is 5.76 Å². The second-order valence-electron chi connectivity index (χ2n) is 4.54. The minimum atomic E-state index is -2.41. The highest BCUT2D eigenvalue weighted by Gasteiger charge is 2.05. The van der Waals surface area contributed by atoms with Gasteiger partial charge in [0.1, 0.15) is 0 Å². The van der Waals surface area contributed by atoms with Crippen LogP contribution in [-0.4, -0.2) is 10.9 Å². The molecule has 0 unspecified atom stereocenters. The molecule has 0 aliphatic rings. The van der Waals surface area contributed by atoms with Crippen LogP contribution in [0.2, 0.25) is 0 Å². The van der Waals surface area contributed by atoms with Gasteiger partial charge in [0, 0.05) is 16.3 Å². The van der Waals surface area contributed by atoms with E-state index in [0.29, 0.717) is 21.8 Å². The summed E-state index contributed by atoms with van der Waals surface area (Å²) in [6, 6.07) is 14.7. The Morgan fingerprint density at radius 3 is 2.41 bits per heavy atom. The van der Waals surface area contributed by atoms with Gasteiger partial charge < -0.3 is 10.6 Å². The molecule has 2 aromatic rings. The monoisotopic (exact) mass is 338 g/mol. The number of hydrogen-bond donors (Lipinski definition) is 2. The lowest BCUT2D eigenvalue weighted by molar-refractivity contribution is 0.252. The van der Waals surface area contributed by atoms with Gasteiger partial charge in [0.2, 0.25) is 0 Å². The van der Waals surface area contributed by atoms with Gasteiger partial charge in [-0.3, -0.25) is 0 Å². The Morgan fingerprint density at radius 1 is 1.09 bits per heavy atom. The van der Waals surface area contributed by atoms with Crippen molar-refractivity contribution in [1.29, 1.82) is 0 Å². The minimum absolute atomic E-state index is 0.461. The molecule has 2 nitrogen and oxygen atoms in total. The fourth-order valence-electron chi connectivity index (χ4n) is 1.88. The molecule has 0 spiro atoms. The predicted molar refractivity (Wildman–Crippen MR) is 94.0 cm³/mol. The Kier molecular flexibility index (Phi) is 6.15. The molecule has 0 aromatic heterocycles. The Morgan fingerprint density at radius 2 is 1.77 bits per heavy atom. The Hall–Kier alpha value is -1.66. The molecule has 0 saturated heterocycles. The summed E-state index contributed by atoms with van der Waals surface area (Å²) < 4.78 is 24.5. The molecule has 0 radical (unpaired) electrons. The predicted octanol–water partition coefficient (Wildman–Crippen LogP) is 5.37.